The molecule has 0 spiro atoms. The number of amides is 3. The van der Waals surface area contributed by atoms with Gasteiger partial charge in [0.2, 0.25) is 5.91 Å². The minimum absolute atomic E-state index is 0.162. The second-order valence-corrected chi connectivity index (χ2v) is 10.2. The number of amidine groups is 1. The zero-order valence-electron chi connectivity index (χ0n) is 23.0. The number of benzene rings is 3. The van der Waals surface area contributed by atoms with Crippen LogP contribution in [0.1, 0.15) is 11.1 Å². The van der Waals surface area contributed by atoms with Crippen LogP contribution in [0.25, 0.3) is 17.1 Å². The van der Waals surface area contributed by atoms with Gasteiger partial charge in [-0.1, -0.05) is 30.0 Å². The van der Waals surface area contributed by atoms with Crippen LogP contribution in [0.4, 0.5) is 23.7 Å². The normalized spacial score (nSPS) is 14.3. The van der Waals surface area contributed by atoms with E-state index in [4.69, 9.17) is 4.74 Å². The minimum Gasteiger partial charge on any atom is -0.497 e. The molecule has 1 N–H and O–H groups in total. The maximum absolute atomic E-state index is 12.6. The van der Waals surface area contributed by atoms with Crippen molar-refractivity contribution in [3.63, 3.8) is 0 Å². The summed E-state index contributed by atoms with van der Waals surface area (Å²) in [6.07, 6.45) is -2.81. The number of aromatic nitrogens is 3. The molecule has 4 aromatic rings. The van der Waals surface area contributed by atoms with E-state index in [1.54, 1.807) is 19.2 Å². The number of ether oxygens (including phenoxy) is 2. The van der Waals surface area contributed by atoms with Crippen molar-refractivity contribution in [1.82, 2.24) is 20.1 Å². The van der Waals surface area contributed by atoms with E-state index < -0.39 is 12.4 Å². The second kappa shape index (κ2) is 12.6. The third-order valence-electron chi connectivity index (χ3n) is 6.31. The number of methoxy groups -OCH3 is 1. The van der Waals surface area contributed by atoms with Gasteiger partial charge in [-0.3, -0.25) is 9.69 Å². The number of carbonyl (C=O) groups excluding carboxylic acids is 2. The van der Waals surface area contributed by atoms with Crippen molar-refractivity contribution < 1.29 is 32.2 Å². The smallest absolute Gasteiger partial charge is 0.497 e. The van der Waals surface area contributed by atoms with Crippen molar-refractivity contribution in [2.45, 2.75) is 19.7 Å². The molecule has 1 fully saturated rings. The van der Waals surface area contributed by atoms with Crippen molar-refractivity contribution in [2.75, 3.05) is 24.3 Å². The highest BCUT2D eigenvalue weighted by molar-refractivity contribution is 8.15. The molecule has 0 radical (unpaired) electrons. The number of nitrogens with one attached hydrogen (secondary N) is 1. The number of hydrogen-bond acceptors (Lipinski definition) is 7. The first kappa shape index (κ1) is 29.6. The van der Waals surface area contributed by atoms with E-state index in [1.165, 1.54) is 51.9 Å². The molecule has 1 aliphatic rings. The van der Waals surface area contributed by atoms with E-state index in [0.29, 0.717) is 41.1 Å². The number of aliphatic imine (C=N–C) groups is 1. The zero-order chi connectivity index (χ0) is 30.6. The summed E-state index contributed by atoms with van der Waals surface area (Å²) in [4.78, 5) is 35.1. The molecule has 0 unspecified atom stereocenters. The largest absolute Gasteiger partial charge is 0.573 e. The summed E-state index contributed by atoms with van der Waals surface area (Å²) in [5, 5.41) is 7.50. The van der Waals surface area contributed by atoms with Gasteiger partial charge in [0.1, 0.15) is 17.8 Å². The van der Waals surface area contributed by atoms with E-state index in [1.807, 2.05) is 37.3 Å². The average molecular weight is 611 g/mol. The standard InChI is InChI=1S/C29H25F3N6O4S/c1-18-14-23(41-2)10-11-24(18)38-25(39)16-43-28(38)35-27(40)33-13-12-19-4-3-5-20(15-19)26-34-17-37(36-26)21-6-8-22(9-7-21)42-29(30,31)32/h3-11,14-15,17H,12-13,16H2,1-2H3,(H,33,40). The number of urea groups is 1. The molecular formula is C29H25F3N6O4S. The third-order valence-corrected chi connectivity index (χ3v) is 7.23. The number of aryl methyl sites for hydroxylation is 1. The summed E-state index contributed by atoms with van der Waals surface area (Å²) in [5.41, 5.74) is 3.61. The van der Waals surface area contributed by atoms with Gasteiger partial charge in [-0.15, -0.1) is 18.3 Å². The van der Waals surface area contributed by atoms with Crippen LogP contribution in [0.15, 0.2) is 78.0 Å². The van der Waals surface area contributed by atoms with Crippen molar-refractivity contribution in [3.8, 4) is 28.6 Å². The Balaban J connectivity index is 1.19. The first-order chi connectivity index (χ1) is 20.6. The summed E-state index contributed by atoms with van der Waals surface area (Å²) in [6.45, 7) is 2.15. The molecule has 1 aromatic heterocycles. The lowest BCUT2D eigenvalue weighted by atomic mass is 10.1. The van der Waals surface area contributed by atoms with Crippen molar-refractivity contribution in [2.24, 2.45) is 4.99 Å². The summed E-state index contributed by atoms with van der Waals surface area (Å²) in [6, 6.07) is 17.5. The van der Waals surface area contributed by atoms with Gasteiger partial charge in [0.05, 0.1) is 24.2 Å². The Kier molecular flexibility index (Phi) is 8.66. The predicted molar refractivity (Wildman–Crippen MR) is 156 cm³/mol. The lowest BCUT2D eigenvalue weighted by Gasteiger charge is -2.18. The van der Waals surface area contributed by atoms with Crippen LogP contribution in [-0.2, 0) is 11.2 Å². The van der Waals surface area contributed by atoms with Crippen LogP contribution in [0.2, 0.25) is 0 Å². The second-order valence-electron chi connectivity index (χ2n) is 9.30. The Morgan fingerprint density at radius 3 is 2.58 bits per heavy atom. The van der Waals surface area contributed by atoms with Gasteiger partial charge < -0.3 is 14.8 Å². The Labute approximate surface area is 248 Å². The van der Waals surface area contributed by atoms with Crippen molar-refractivity contribution >= 4 is 34.6 Å². The Bertz CT molecular complexity index is 1670. The van der Waals surface area contributed by atoms with Gasteiger partial charge >= 0.3 is 12.4 Å². The fraction of sp³-hybridized carbons (Fsp3) is 0.207. The zero-order valence-corrected chi connectivity index (χ0v) is 23.8. The lowest BCUT2D eigenvalue weighted by Crippen LogP contribution is -2.32. The summed E-state index contributed by atoms with van der Waals surface area (Å²) < 4.78 is 47.8. The van der Waals surface area contributed by atoms with Crippen molar-refractivity contribution in [1.29, 1.82) is 0 Å². The molecule has 10 nitrogen and oxygen atoms in total. The fourth-order valence-corrected chi connectivity index (χ4v) is 5.17. The molecule has 5 rings (SSSR count). The molecule has 3 aromatic carbocycles. The Morgan fingerprint density at radius 2 is 1.86 bits per heavy atom. The quantitative estimate of drug-likeness (QED) is 0.279. The highest BCUT2D eigenvalue weighted by Crippen LogP contribution is 2.31. The Hall–Kier alpha value is -4.85. The first-order valence-electron chi connectivity index (χ1n) is 12.9. The number of nitrogens with zero attached hydrogens (tertiary/aromatic N) is 5. The average Bonchev–Trinajstić information content (AvgIpc) is 3.60. The number of carbonyl (C=O) groups is 2. The van der Waals surface area contributed by atoms with Gasteiger partial charge in [0, 0.05) is 12.1 Å². The molecule has 0 saturated carbocycles. The molecule has 3 amide bonds. The van der Waals surface area contributed by atoms with E-state index in [-0.39, 0.29) is 17.4 Å². The number of anilines is 1. The number of hydrogen-bond donors (Lipinski definition) is 1. The van der Waals surface area contributed by atoms with Gasteiger partial charge in [-0.2, -0.15) is 4.99 Å². The topological polar surface area (TPSA) is 111 Å². The summed E-state index contributed by atoms with van der Waals surface area (Å²) >= 11 is 1.20. The van der Waals surface area contributed by atoms with Gasteiger partial charge in [0.15, 0.2) is 11.0 Å². The van der Waals surface area contributed by atoms with Crippen LogP contribution < -0.4 is 19.7 Å². The maximum Gasteiger partial charge on any atom is 0.573 e. The molecule has 1 saturated heterocycles. The number of thioether (sulfide) groups is 1. The van der Waals surface area contributed by atoms with Gasteiger partial charge in [-0.25, -0.2) is 14.5 Å². The van der Waals surface area contributed by atoms with Crippen molar-refractivity contribution in [3.05, 3.63) is 84.2 Å². The number of alkyl halides is 3. The molecule has 14 heteroatoms. The highest BCUT2D eigenvalue weighted by Gasteiger charge is 2.32. The van der Waals surface area contributed by atoms with Crippen LogP contribution in [0.5, 0.6) is 11.5 Å². The van der Waals surface area contributed by atoms with E-state index in [9.17, 15) is 22.8 Å². The highest BCUT2D eigenvalue weighted by atomic mass is 32.2. The SMILES string of the molecule is COc1ccc(N2C(=O)CSC2=NC(=O)NCCc2cccc(-c3ncn(-c4ccc(OC(F)(F)F)cc4)n3)c2)c(C)c1. The fourth-order valence-electron chi connectivity index (χ4n) is 4.31. The van der Waals surface area contributed by atoms with Crippen LogP contribution in [0.3, 0.4) is 0 Å². The minimum atomic E-state index is -4.77. The van der Waals surface area contributed by atoms with E-state index >= 15 is 0 Å². The van der Waals surface area contributed by atoms with E-state index in [2.05, 4.69) is 25.1 Å². The van der Waals surface area contributed by atoms with Crippen LogP contribution in [-0.4, -0.2) is 57.6 Å². The summed E-state index contributed by atoms with van der Waals surface area (Å²) in [7, 11) is 1.56. The number of rotatable bonds is 8. The lowest BCUT2D eigenvalue weighted by molar-refractivity contribution is -0.274. The molecule has 0 aliphatic carbocycles. The molecular weight excluding hydrogens is 585 g/mol. The molecule has 43 heavy (non-hydrogen) atoms. The monoisotopic (exact) mass is 610 g/mol. The Morgan fingerprint density at radius 1 is 1.09 bits per heavy atom. The summed E-state index contributed by atoms with van der Waals surface area (Å²) in [5.74, 6) is 0.780. The maximum atomic E-state index is 12.6. The molecule has 222 valence electrons. The molecule has 2 heterocycles. The molecule has 0 atom stereocenters. The third kappa shape index (κ3) is 7.33. The predicted octanol–water partition coefficient (Wildman–Crippen LogP) is 5.54. The molecule has 0 bridgehead atoms. The van der Waals surface area contributed by atoms with Crippen LogP contribution in [0, 0.1) is 6.92 Å². The van der Waals surface area contributed by atoms with E-state index in [0.717, 1.165) is 16.7 Å². The van der Waals surface area contributed by atoms with Gasteiger partial charge in [-0.05, 0) is 73.0 Å². The van der Waals surface area contributed by atoms with Gasteiger partial charge in [0.25, 0.3) is 0 Å². The number of halogens is 3. The molecule has 1 aliphatic heterocycles. The first-order valence-corrected chi connectivity index (χ1v) is 13.9. The van der Waals surface area contributed by atoms with Crippen LogP contribution >= 0.6 is 11.8 Å².